The Morgan fingerprint density at radius 3 is 2.62 bits per heavy atom. The van der Waals surface area contributed by atoms with Crippen molar-refractivity contribution in [2.45, 2.75) is 11.9 Å². The highest BCUT2D eigenvalue weighted by Gasteiger charge is 2.35. The van der Waals surface area contributed by atoms with E-state index in [1.807, 2.05) is 18.2 Å². The molecule has 0 spiro atoms. The molecule has 4 nitrogen and oxygen atoms in total. The summed E-state index contributed by atoms with van der Waals surface area (Å²) in [6, 6.07) is 9.03. The van der Waals surface area contributed by atoms with Gasteiger partial charge in [0.2, 0.25) is 5.79 Å². The van der Waals surface area contributed by atoms with E-state index in [0.717, 1.165) is 5.57 Å². The third-order valence-electron chi connectivity index (χ3n) is 3.33. The molecule has 2 atom stereocenters. The summed E-state index contributed by atoms with van der Waals surface area (Å²) in [6.45, 7) is 0. The number of carbonyl (C=O) groups is 1. The van der Waals surface area contributed by atoms with Crippen LogP contribution in [0.25, 0.3) is 0 Å². The maximum Gasteiger partial charge on any atom is 0.216 e. The van der Waals surface area contributed by atoms with Crippen LogP contribution in [-0.4, -0.2) is 37.0 Å². The van der Waals surface area contributed by atoms with Gasteiger partial charge >= 0.3 is 0 Å². The summed E-state index contributed by atoms with van der Waals surface area (Å²) in [5.41, 5.74) is 1.40. The Morgan fingerprint density at radius 2 is 2.00 bits per heavy atom. The maximum absolute atomic E-state index is 12.0. The van der Waals surface area contributed by atoms with Crippen LogP contribution in [0.15, 0.2) is 66.3 Å². The van der Waals surface area contributed by atoms with Gasteiger partial charge in [-0.05, 0) is 23.8 Å². The van der Waals surface area contributed by atoms with Crippen molar-refractivity contribution in [2.24, 2.45) is 0 Å². The molecule has 0 heterocycles. The first-order valence-electron chi connectivity index (χ1n) is 6.58. The van der Waals surface area contributed by atoms with Crippen molar-refractivity contribution in [3.63, 3.8) is 0 Å². The largest absolute Gasteiger partial charge is 0.371 e. The number of ketones is 1. The van der Waals surface area contributed by atoms with Crippen LogP contribution in [0.2, 0.25) is 0 Å². The van der Waals surface area contributed by atoms with Crippen LogP contribution in [0.1, 0.15) is 10.4 Å². The number of ether oxygens (including phenoxy) is 2. The molecule has 0 amide bonds. The van der Waals surface area contributed by atoms with Crippen LogP contribution in [0.5, 0.6) is 0 Å². The number of allylic oxidation sites excluding steroid dienone is 4. The molecule has 4 heteroatoms. The van der Waals surface area contributed by atoms with Gasteiger partial charge in [-0.25, -0.2) is 0 Å². The van der Waals surface area contributed by atoms with E-state index in [-0.39, 0.29) is 5.78 Å². The first-order chi connectivity index (χ1) is 10.1. The van der Waals surface area contributed by atoms with Crippen LogP contribution < -0.4 is 0 Å². The monoisotopic (exact) mass is 286 g/mol. The molecule has 1 aliphatic carbocycles. The number of benzene rings is 1. The van der Waals surface area contributed by atoms with E-state index in [1.165, 1.54) is 26.4 Å². The number of rotatable bonds is 5. The van der Waals surface area contributed by atoms with E-state index < -0.39 is 11.9 Å². The fourth-order valence-corrected chi connectivity index (χ4v) is 2.06. The highest BCUT2D eigenvalue weighted by Crippen LogP contribution is 2.25. The zero-order chi connectivity index (χ0) is 15.3. The highest BCUT2D eigenvalue weighted by molar-refractivity contribution is 6.04. The van der Waals surface area contributed by atoms with Crippen molar-refractivity contribution in [3.05, 3.63) is 71.8 Å². The quantitative estimate of drug-likeness (QED) is 0.512. The molecular weight excluding hydrogens is 268 g/mol. The minimum atomic E-state index is -1.48. The molecule has 1 aliphatic rings. The molecule has 110 valence electrons. The van der Waals surface area contributed by atoms with Crippen molar-refractivity contribution in [1.82, 2.24) is 0 Å². The zero-order valence-corrected chi connectivity index (χ0v) is 12.0. The van der Waals surface area contributed by atoms with Crippen LogP contribution in [0.3, 0.4) is 0 Å². The predicted molar refractivity (Wildman–Crippen MR) is 79.9 cm³/mol. The molecule has 0 bridgehead atoms. The lowest BCUT2D eigenvalue weighted by Crippen LogP contribution is -2.43. The summed E-state index contributed by atoms with van der Waals surface area (Å²) < 4.78 is 10.2. The maximum atomic E-state index is 12.0. The molecule has 0 radical (unpaired) electrons. The van der Waals surface area contributed by atoms with Crippen molar-refractivity contribution in [2.75, 3.05) is 14.2 Å². The molecule has 21 heavy (non-hydrogen) atoms. The van der Waals surface area contributed by atoms with Gasteiger partial charge in [-0.3, -0.25) is 4.79 Å². The van der Waals surface area contributed by atoms with Crippen LogP contribution in [0.4, 0.5) is 0 Å². The lowest BCUT2D eigenvalue weighted by atomic mass is 9.98. The predicted octanol–water partition coefficient (Wildman–Crippen LogP) is 2.27. The second-order valence-corrected chi connectivity index (χ2v) is 4.68. The lowest BCUT2D eigenvalue weighted by Gasteiger charge is -2.31. The van der Waals surface area contributed by atoms with Crippen LogP contribution in [-0.2, 0) is 9.47 Å². The van der Waals surface area contributed by atoms with Crippen molar-refractivity contribution in [3.8, 4) is 0 Å². The van der Waals surface area contributed by atoms with Gasteiger partial charge in [0, 0.05) is 19.8 Å². The SMILES string of the molecule is COC1C=C(C=CC(=O)c2ccccc2)C=CC1(O)OC. The molecule has 1 N–H and O–H groups in total. The summed E-state index contributed by atoms with van der Waals surface area (Å²) in [7, 11) is 2.89. The molecule has 0 saturated carbocycles. The number of hydrogen-bond donors (Lipinski definition) is 1. The summed E-state index contributed by atoms with van der Waals surface area (Å²) >= 11 is 0. The minimum Gasteiger partial charge on any atom is -0.371 e. The Balaban J connectivity index is 2.12. The van der Waals surface area contributed by atoms with E-state index >= 15 is 0 Å². The molecule has 0 fully saturated rings. The average Bonchev–Trinajstić information content (AvgIpc) is 2.54. The van der Waals surface area contributed by atoms with Crippen molar-refractivity contribution >= 4 is 5.78 Å². The fraction of sp³-hybridized carbons (Fsp3) is 0.235. The van der Waals surface area contributed by atoms with E-state index in [4.69, 9.17) is 9.47 Å². The number of aliphatic hydroxyl groups is 1. The van der Waals surface area contributed by atoms with Crippen molar-refractivity contribution in [1.29, 1.82) is 0 Å². The number of hydrogen-bond acceptors (Lipinski definition) is 4. The Morgan fingerprint density at radius 1 is 1.29 bits per heavy atom. The van der Waals surface area contributed by atoms with Gasteiger partial charge in [0.25, 0.3) is 0 Å². The van der Waals surface area contributed by atoms with Crippen LogP contribution in [0, 0.1) is 0 Å². The topological polar surface area (TPSA) is 55.8 Å². The molecule has 1 aromatic rings. The normalized spacial score (nSPS) is 25.1. The first-order valence-corrected chi connectivity index (χ1v) is 6.58. The second-order valence-electron chi connectivity index (χ2n) is 4.68. The smallest absolute Gasteiger partial charge is 0.216 e. The van der Waals surface area contributed by atoms with E-state index in [1.54, 1.807) is 30.4 Å². The third-order valence-corrected chi connectivity index (χ3v) is 3.33. The standard InChI is InChI=1S/C17H18O4/c1-20-16-12-13(10-11-17(16,19)21-2)8-9-15(18)14-6-4-3-5-7-14/h3-12,16,19H,1-2H3. The Labute approximate surface area is 124 Å². The number of methoxy groups -OCH3 is 2. The lowest BCUT2D eigenvalue weighted by molar-refractivity contribution is -0.202. The van der Waals surface area contributed by atoms with Gasteiger partial charge in [0.15, 0.2) is 5.78 Å². The summed E-state index contributed by atoms with van der Waals surface area (Å²) in [6.07, 6.45) is 7.46. The average molecular weight is 286 g/mol. The Hall–Kier alpha value is -2.01. The molecule has 0 saturated heterocycles. The number of carbonyl (C=O) groups excluding carboxylic acids is 1. The van der Waals surface area contributed by atoms with Crippen LogP contribution >= 0.6 is 0 Å². The summed E-state index contributed by atoms with van der Waals surface area (Å²) in [5, 5.41) is 10.1. The van der Waals surface area contributed by atoms with Crippen molar-refractivity contribution < 1.29 is 19.4 Å². The van der Waals surface area contributed by atoms with E-state index in [9.17, 15) is 9.90 Å². The summed E-state index contributed by atoms with van der Waals surface area (Å²) in [5.74, 6) is -1.55. The minimum absolute atomic E-state index is 0.0774. The van der Waals surface area contributed by atoms with Gasteiger partial charge in [-0.2, -0.15) is 0 Å². The molecule has 2 unspecified atom stereocenters. The first kappa shape index (κ1) is 15.4. The van der Waals surface area contributed by atoms with Gasteiger partial charge in [0.1, 0.15) is 6.10 Å². The molecule has 0 aromatic heterocycles. The Bertz CT molecular complexity index is 586. The van der Waals surface area contributed by atoms with E-state index in [0.29, 0.717) is 5.56 Å². The third kappa shape index (κ3) is 3.55. The Kier molecular flexibility index (Phi) is 4.85. The zero-order valence-electron chi connectivity index (χ0n) is 12.0. The van der Waals surface area contributed by atoms with E-state index in [2.05, 4.69) is 0 Å². The second kappa shape index (κ2) is 6.63. The highest BCUT2D eigenvalue weighted by atomic mass is 16.6. The molecule has 2 rings (SSSR count). The van der Waals surface area contributed by atoms with Gasteiger partial charge in [-0.15, -0.1) is 0 Å². The van der Waals surface area contributed by atoms with Gasteiger partial charge < -0.3 is 14.6 Å². The molecular formula is C17H18O4. The molecule has 0 aliphatic heterocycles. The fourth-order valence-electron chi connectivity index (χ4n) is 2.06. The summed E-state index contributed by atoms with van der Waals surface area (Å²) in [4.78, 5) is 12.0. The van der Waals surface area contributed by atoms with Gasteiger partial charge in [0.05, 0.1) is 0 Å². The van der Waals surface area contributed by atoms with Gasteiger partial charge in [-0.1, -0.05) is 42.5 Å². The molecule has 1 aromatic carbocycles.